The summed E-state index contributed by atoms with van der Waals surface area (Å²) in [5, 5.41) is 3.07. The minimum atomic E-state index is -0.0235. The van der Waals surface area contributed by atoms with Gasteiger partial charge in [0.25, 0.3) is 0 Å². The molecule has 1 aromatic carbocycles. The Bertz CT molecular complexity index is 374. The average molecular weight is 276 g/mol. The highest BCUT2D eigenvalue weighted by molar-refractivity contribution is 5.83. The van der Waals surface area contributed by atoms with Crippen molar-refractivity contribution < 1.29 is 4.79 Å². The Labute approximate surface area is 123 Å². The Hall–Kier alpha value is -1.35. The van der Waals surface area contributed by atoms with Crippen molar-refractivity contribution in [3.05, 3.63) is 35.9 Å². The lowest BCUT2D eigenvalue weighted by molar-refractivity contribution is -0.122. The molecule has 0 saturated heterocycles. The predicted molar refractivity (Wildman–Crippen MR) is 84.9 cm³/mol. The Morgan fingerprint density at radius 3 is 2.35 bits per heavy atom. The highest BCUT2D eigenvalue weighted by Gasteiger charge is 2.17. The van der Waals surface area contributed by atoms with Gasteiger partial charge in [-0.05, 0) is 38.0 Å². The van der Waals surface area contributed by atoms with Crippen LogP contribution in [0.3, 0.4) is 0 Å². The van der Waals surface area contributed by atoms with Crippen LogP contribution in [0, 0.1) is 0 Å². The molecule has 0 radical (unpaired) electrons. The number of carbonyl (C=O) groups is 1. The smallest absolute Gasteiger partial charge is 0.227 e. The number of rotatable bonds is 9. The van der Waals surface area contributed by atoms with Crippen LogP contribution in [0.15, 0.2) is 30.3 Å². The largest absolute Gasteiger partial charge is 0.356 e. The molecule has 1 N–H and O–H groups in total. The van der Waals surface area contributed by atoms with Crippen molar-refractivity contribution in [1.82, 2.24) is 10.2 Å². The number of amides is 1. The van der Waals surface area contributed by atoms with Gasteiger partial charge in [-0.1, -0.05) is 51.1 Å². The number of nitrogens with zero attached hydrogens (tertiary/aromatic N) is 1. The van der Waals surface area contributed by atoms with E-state index in [1.807, 2.05) is 30.3 Å². The van der Waals surface area contributed by atoms with E-state index in [0.717, 1.165) is 44.6 Å². The number of benzene rings is 1. The average Bonchev–Trinajstić information content (AvgIpc) is 2.49. The predicted octanol–water partition coefficient (Wildman–Crippen LogP) is 3.03. The van der Waals surface area contributed by atoms with Crippen LogP contribution in [0.2, 0.25) is 0 Å². The molecule has 0 aliphatic rings. The fraction of sp³-hybridized carbons (Fsp3) is 0.588. The highest BCUT2D eigenvalue weighted by Crippen LogP contribution is 2.18. The zero-order chi connectivity index (χ0) is 14.8. The van der Waals surface area contributed by atoms with E-state index in [2.05, 4.69) is 31.0 Å². The van der Waals surface area contributed by atoms with E-state index in [9.17, 15) is 4.79 Å². The third-order valence-electron chi connectivity index (χ3n) is 3.77. The maximum atomic E-state index is 12.2. The lowest BCUT2D eigenvalue weighted by atomic mass is 9.96. The van der Waals surface area contributed by atoms with Crippen LogP contribution in [-0.4, -0.2) is 37.0 Å². The van der Waals surface area contributed by atoms with Crippen molar-refractivity contribution in [2.24, 2.45) is 0 Å². The number of nitrogens with one attached hydrogen (secondary N) is 1. The normalized spacial score (nSPS) is 12.4. The van der Waals surface area contributed by atoms with E-state index in [1.165, 1.54) is 0 Å². The molecule has 0 aromatic heterocycles. The lowest BCUT2D eigenvalue weighted by Gasteiger charge is -2.19. The van der Waals surface area contributed by atoms with Gasteiger partial charge in [-0.15, -0.1) is 0 Å². The van der Waals surface area contributed by atoms with Crippen molar-refractivity contribution in [3.8, 4) is 0 Å². The van der Waals surface area contributed by atoms with Crippen LogP contribution in [0.4, 0.5) is 0 Å². The van der Waals surface area contributed by atoms with Crippen LogP contribution in [0.1, 0.15) is 45.1 Å². The SMILES string of the molecule is CC[C@H](C(=O)NCCCN(CC)CC)c1ccccc1. The lowest BCUT2D eigenvalue weighted by Crippen LogP contribution is -2.32. The Kier molecular flexibility index (Phi) is 7.97. The molecule has 3 nitrogen and oxygen atoms in total. The number of carbonyl (C=O) groups excluding carboxylic acids is 1. The highest BCUT2D eigenvalue weighted by atomic mass is 16.1. The van der Waals surface area contributed by atoms with Crippen LogP contribution < -0.4 is 5.32 Å². The van der Waals surface area contributed by atoms with Crippen LogP contribution in [-0.2, 0) is 4.79 Å². The molecule has 20 heavy (non-hydrogen) atoms. The van der Waals surface area contributed by atoms with E-state index >= 15 is 0 Å². The summed E-state index contributed by atoms with van der Waals surface area (Å²) in [7, 11) is 0. The van der Waals surface area contributed by atoms with Gasteiger partial charge in [-0.25, -0.2) is 0 Å². The second-order valence-corrected chi connectivity index (χ2v) is 5.04. The van der Waals surface area contributed by atoms with E-state index in [-0.39, 0.29) is 11.8 Å². The molecule has 0 saturated carbocycles. The first-order valence-electron chi connectivity index (χ1n) is 7.77. The molecule has 0 unspecified atom stereocenters. The second kappa shape index (κ2) is 9.54. The quantitative estimate of drug-likeness (QED) is 0.703. The van der Waals surface area contributed by atoms with Crippen LogP contribution in [0.5, 0.6) is 0 Å². The summed E-state index contributed by atoms with van der Waals surface area (Å²) in [6.45, 7) is 10.4. The van der Waals surface area contributed by atoms with Gasteiger partial charge in [0.1, 0.15) is 0 Å². The summed E-state index contributed by atoms with van der Waals surface area (Å²) in [6.07, 6.45) is 1.85. The van der Waals surface area contributed by atoms with Gasteiger partial charge >= 0.3 is 0 Å². The molecule has 1 atom stereocenters. The zero-order valence-electron chi connectivity index (χ0n) is 13.1. The molecule has 0 aliphatic carbocycles. The topological polar surface area (TPSA) is 32.3 Å². The van der Waals surface area contributed by atoms with Gasteiger partial charge in [0.05, 0.1) is 5.92 Å². The van der Waals surface area contributed by atoms with Crippen molar-refractivity contribution in [3.63, 3.8) is 0 Å². The van der Waals surface area contributed by atoms with Gasteiger partial charge in [0.15, 0.2) is 0 Å². The minimum absolute atomic E-state index is 0.0235. The number of hydrogen-bond donors (Lipinski definition) is 1. The Morgan fingerprint density at radius 1 is 1.15 bits per heavy atom. The Morgan fingerprint density at radius 2 is 1.80 bits per heavy atom. The van der Waals surface area contributed by atoms with Gasteiger partial charge < -0.3 is 10.2 Å². The first-order chi connectivity index (χ1) is 9.72. The van der Waals surface area contributed by atoms with Gasteiger partial charge in [-0.2, -0.15) is 0 Å². The summed E-state index contributed by atoms with van der Waals surface area (Å²) in [5.74, 6) is 0.128. The summed E-state index contributed by atoms with van der Waals surface area (Å²) < 4.78 is 0. The van der Waals surface area contributed by atoms with Gasteiger partial charge in [0.2, 0.25) is 5.91 Å². The standard InChI is InChI=1S/C17H28N2O/c1-4-16(15-11-8-7-9-12-15)17(20)18-13-10-14-19(5-2)6-3/h7-9,11-12,16H,4-6,10,13-14H2,1-3H3,(H,18,20)/t16-/m0/s1. The molecular formula is C17H28N2O. The maximum absolute atomic E-state index is 12.2. The van der Waals surface area contributed by atoms with Crippen LogP contribution >= 0.6 is 0 Å². The van der Waals surface area contributed by atoms with Gasteiger partial charge in [0, 0.05) is 6.54 Å². The second-order valence-electron chi connectivity index (χ2n) is 5.04. The fourth-order valence-corrected chi connectivity index (χ4v) is 2.44. The summed E-state index contributed by atoms with van der Waals surface area (Å²) in [6, 6.07) is 10.0. The molecule has 1 aromatic rings. The molecule has 0 spiro atoms. The molecule has 112 valence electrons. The minimum Gasteiger partial charge on any atom is -0.356 e. The molecule has 0 heterocycles. The molecular weight excluding hydrogens is 248 g/mol. The zero-order valence-corrected chi connectivity index (χ0v) is 13.1. The molecule has 0 bridgehead atoms. The molecule has 1 rings (SSSR count). The van der Waals surface area contributed by atoms with Crippen molar-refractivity contribution in [2.75, 3.05) is 26.2 Å². The van der Waals surface area contributed by atoms with E-state index in [4.69, 9.17) is 0 Å². The van der Waals surface area contributed by atoms with E-state index in [1.54, 1.807) is 0 Å². The van der Waals surface area contributed by atoms with Crippen molar-refractivity contribution in [2.45, 2.75) is 39.5 Å². The van der Waals surface area contributed by atoms with E-state index < -0.39 is 0 Å². The summed E-state index contributed by atoms with van der Waals surface area (Å²) in [5.41, 5.74) is 1.11. The van der Waals surface area contributed by atoms with Crippen molar-refractivity contribution in [1.29, 1.82) is 0 Å². The first kappa shape index (κ1) is 16.7. The Balaban J connectivity index is 2.37. The molecule has 0 aliphatic heterocycles. The van der Waals surface area contributed by atoms with Crippen molar-refractivity contribution >= 4 is 5.91 Å². The molecule has 3 heteroatoms. The van der Waals surface area contributed by atoms with Crippen LogP contribution in [0.25, 0.3) is 0 Å². The first-order valence-corrected chi connectivity index (χ1v) is 7.77. The third-order valence-corrected chi connectivity index (χ3v) is 3.77. The summed E-state index contributed by atoms with van der Waals surface area (Å²) >= 11 is 0. The van der Waals surface area contributed by atoms with E-state index in [0.29, 0.717) is 0 Å². The molecule has 0 fully saturated rings. The summed E-state index contributed by atoms with van der Waals surface area (Å²) in [4.78, 5) is 14.6. The third kappa shape index (κ3) is 5.33. The maximum Gasteiger partial charge on any atom is 0.227 e. The monoisotopic (exact) mass is 276 g/mol. The number of hydrogen-bond acceptors (Lipinski definition) is 2. The molecule has 1 amide bonds. The van der Waals surface area contributed by atoms with Gasteiger partial charge in [-0.3, -0.25) is 4.79 Å². The fourth-order valence-electron chi connectivity index (χ4n) is 2.44.